The lowest BCUT2D eigenvalue weighted by Crippen LogP contribution is -2.28. The Balaban J connectivity index is 1.92. The van der Waals surface area contributed by atoms with Crippen molar-refractivity contribution in [2.45, 2.75) is 20.3 Å². The summed E-state index contributed by atoms with van der Waals surface area (Å²) in [6.45, 7) is 4.67. The number of methoxy groups -OCH3 is 1. The number of hydrogen-bond acceptors (Lipinski definition) is 4. The lowest BCUT2D eigenvalue weighted by Gasteiger charge is -2.12. The Labute approximate surface area is 158 Å². The number of carbonyl (C=O) groups excluding carboxylic acids is 1. The zero-order chi connectivity index (χ0) is 18.5. The van der Waals surface area contributed by atoms with Crippen LogP contribution in [0.4, 0.5) is 5.69 Å². The number of ether oxygens (including phenoxy) is 1. The average Bonchev–Trinajstić information content (AvgIpc) is 2.97. The highest BCUT2D eigenvalue weighted by atomic mass is 32.2. The largest absolute Gasteiger partial charge is 0.497 e. The Morgan fingerprint density at radius 1 is 1.12 bits per heavy atom. The molecule has 1 amide bonds. The Kier molecular flexibility index (Phi) is 5.78. The predicted molar refractivity (Wildman–Crippen MR) is 109 cm³/mol. The van der Waals surface area contributed by atoms with Crippen molar-refractivity contribution >= 4 is 34.6 Å². The summed E-state index contributed by atoms with van der Waals surface area (Å²) in [5.74, 6) is 0.798. The van der Waals surface area contributed by atoms with E-state index in [-0.39, 0.29) is 5.91 Å². The molecule has 1 fully saturated rings. The first-order valence-corrected chi connectivity index (χ1v) is 9.50. The highest BCUT2D eigenvalue weighted by Crippen LogP contribution is 2.34. The second-order valence-corrected chi connectivity index (χ2v) is 6.82. The lowest BCUT2D eigenvalue weighted by atomic mass is 10.1. The van der Waals surface area contributed by atoms with E-state index in [0.717, 1.165) is 28.6 Å². The van der Waals surface area contributed by atoms with Gasteiger partial charge < -0.3 is 4.74 Å². The summed E-state index contributed by atoms with van der Waals surface area (Å²) in [4.78, 5) is 19.9. The summed E-state index contributed by atoms with van der Waals surface area (Å²) in [5.41, 5.74) is 3.07. The number of amidine groups is 1. The number of benzene rings is 2. The van der Waals surface area contributed by atoms with E-state index >= 15 is 0 Å². The Bertz CT molecular complexity index is 857. The van der Waals surface area contributed by atoms with Gasteiger partial charge in [-0.2, -0.15) is 0 Å². The van der Waals surface area contributed by atoms with Gasteiger partial charge in [-0.15, -0.1) is 0 Å². The minimum absolute atomic E-state index is 0.000970. The Morgan fingerprint density at radius 3 is 2.50 bits per heavy atom. The molecule has 0 atom stereocenters. The van der Waals surface area contributed by atoms with Crippen LogP contribution < -0.4 is 4.74 Å². The van der Waals surface area contributed by atoms with Crippen LogP contribution in [0.3, 0.4) is 0 Å². The zero-order valence-corrected chi connectivity index (χ0v) is 16.0. The molecule has 1 aliphatic heterocycles. The monoisotopic (exact) mass is 366 g/mol. The van der Waals surface area contributed by atoms with Gasteiger partial charge in [-0.3, -0.25) is 9.69 Å². The fraction of sp³-hybridized carbons (Fsp3) is 0.238. The molecule has 2 aromatic rings. The molecule has 5 heteroatoms. The van der Waals surface area contributed by atoms with E-state index in [0.29, 0.717) is 11.4 Å². The normalized spacial score (nSPS) is 17.3. The van der Waals surface area contributed by atoms with Gasteiger partial charge in [-0.1, -0.05) is 37.3 Å². The highest BCUT2D eigenvalue weighted by Gasteiger charge is 2.32. The fourth-order valence-corrected chi connectivity index (χ4v) is 3.80. The zero-order valence-electron chi connectivity index (χ0n) is 15.2. The summed E-state index contributed by atoms with van der Waals surface area (Å²) in [5, 5.41) is 0.734. The van der Waals surface area contributed by atoms with Crippen LogP contribution in [0.5, 0.6) is 5.75 Å². The van der Waals surface area contributed by atoms with Crippen molar-refractivity contribution in [3.8, 4) is 5.75 Å². The number of nitrogens with zero attached hydrogens (tertiary/aromatic N) is 2. The number of likely N-dealkylation sites (N-methyl/N-ethyl adjacent to an activating group) is 1. The summed E-state index contributed by atoms with van der Waals surface area (Å²) in [7, 11) is 1.64. The van der Waals surface area contributed by atoms with Crippen molar-refractivity contribution in [1.82, 2.24) is 4.90 Å². The fourth-order valence-electron chi connectivity index (χ4n) is 2.74. The third-order valence-electron chi connectivity index (χ3n) is 4.21. The van der Waals surface area contributed by atoms with E-state index < -0.39 is 0 Å². The van der Waals surface area contributed by atoms with Crippen LogP contribution in [0.15, 0.2) is 58.4 Å². The maximum atomic E-state index is 12.8. The van der Waals surface area contributed by atoms with Crippen LogP contribution in [-0.2, 0) is 11.2 Å². The van der Waals surface area contributed by atoms with Gasteiger partial charge in [0.2, 0.25) is 0 Å². The van der Waals surface area contributed by atoms with Crippen LogP contribution in [-0.4, -0.2) is 29.6 Å². The third kappa shape index (κ3) is 3.83. The number of para-hydroxylation sites is 1. The molecule has 0 N–H and O–H groups in total. The molecule has 1 aliphatic rings. The SMILES string of the molecule is CCc1ccccc1N=C1S/C(=C/c2ccc(OC)cc2)C(=O)N1CC. The van der Waals surface area contributed by atoms with Gasteiger partial charge in [0.1, 0.15) is 5.75 Å². The molecule has 0 unspecified atom stereocenters. The Hall–Kier alpha value is -2.53. The van der Waals surface area contributed by atoms with E-state index in [9.17, 15) is 4.79 Å². The molecule has 1 saturated heterocycles. The van der Waals surface area contributed by atoms with E-state index in [2.05, 4.69) is 13.0 Å². The van der Waals surface area contributed by atoms with Crippen molar-refractivity contribution in [3.63, 3.8) is 0 Å². The van der Waals surface area contributed by atoms with Crippen molar-refractivity contribution in [2.75, 3.05) is 13.7 Å². The molecule has 0 spiro atoms. The number of carbonyl (C=O) groups is 1. The molecule has 0 radical (unpaired) electrons. The molecule has 3 rings (SSSR count). The Morgan fingerprint density at radius 2 is 1.85 bits per heavy atom. The van der Waals surface area contributed by atoms with Gasteiger partial charge in [0, 0.05) is 6.54 Å². The molecule has 26 heavy (non-hydrogen) atoms. The number of aryl methyl sites for hydroxylation is 1. The van der Waals surface area contributed by atoms with E-state index in [4.69, 9.17) is 9.73 Å². The van der Waals surface area contributed by atoms with Crippen molar-refractivity contribution in [1.29, 1.82) is 0 Å². The molecule has 2 aromatic carbocycles. The lowest BCUT2D eigenvalue weighted by molar-refractivity contribution is -0.122. The first-order chi connectivity index (χ1) is 12.7. The minimum atomic E-state index is 0.000970. The second-order valence-electron chi connectivity index (χ2n) is 5.81. The van der Waals surface area contributed by atoms with Crippen molar-refractivity contribution in [3.05, 3.63) is 64.6 Å². The van der Waals surface area contributed by atoms with Crippen LogP contribution in [0.1, 0.15) is 25.0 Å². The smallest absolute Gasteiger partial charge is 0.266 e. The number of thioether (sulfide) groups is 1. The molecular weight excluding hydrogens is 344 g/mol. The number of rotatable bonds is 5. The molecule has 134 valence electrons. The van der Waals surface area contributed by atoms with Gasteiger partial charge in [0.15, 0.2) is 5.17 Å². The first-order valence-electron chi connectivity index (χ1n) is 8.68. The van der Waals surface area contributed by atoms with Gasteiger partial charge in [0.25, 0.3) is 5.91 Å². The second kappa shape index (κ2) is 8.23. The molecule has 0 saturated carbocycles. The number of amides is 1. The third-order valence-corrected chi connectivity index (χ3v) is 5.21. The van der Waals surface area contributed by atoms with E-state index in [1.54, 1.807) is 12.0 Å². The van der Waals surface area contributed by atoms with Crippen LogP contribution in [0.2, 0.25) is 0 Å². The summed E-state index contributed by atoms with van der Waals surface area (Å²) in [6, 6.07) is 15.7. The molecule has 0 aliphatic carbocycles. The predicted octanol–water partition coefficient (Wildman–Crippen LogP) is 4.88. The number of aliphatic imine (C=N–C) groups is 1. The van der Waals surface area contributed by atoms with Gasteiger partial charge >= 0.3 is 0 Å². The molecular formula is C21H22N2O2S. The maximum absolute atomic E-state index is 12.8. The molecule has 0 aromatic heterocycles. The van der Waals surface area contributed by atoms with Gasteiger partial charge in [-0.25, -0.2) is 4.99 Å². The highest BCUT2D eigenvalue weighted by molar-refractivity contribution is 8.18. The average molecular weight is 366 g/mol. The molecule has 0 bridgehead atoms. The standard InChI is InChI=1S/C21H22N2O2S/c1-4-16-8-6-7-9-18(16)22-21-23(5-2)20(24)19(26-21)14-15-10-12-17(25-3)13-11-15/h6-14H,4-5H2,1-3H3/b19-14+,22-21?. The van der Waals surface area contributed by atoms with E-state index in [1.807, 2.05) is 55.5 Å². The van der Waals surface area contributed by atoms with Crippen LogP contribution in [0, 0.1) is 0 Å². The van der Waals surface area contributed by atoms with Gasteiger partial charge in [-0.05, 0) is 60.5 Å². The summed E-state index contributed by atoms with van der Waals surface area (Å²) in [6.07, 6.45) is 2.82. The summed E-state index contributed by atoms with van der Waals surface area (Å²) < 4.78 is 5.18. The van der Waals surface area contributed by atoms with Gasteiger partial charge in [0.05, 0.1) is 17.7 Å². The topological polar surface area (TPSA) is 41.9 Å². The maximum Gasteiger partial charge on any atom is 0.266 e. The number of hydrogen-bond donors (Lipinski definition) is 0. The quantitative estimate of drug-likeness (QED) is 0.708. The summed E-state index contributed by atoms with van der Waals surface area (Å²) >= 11 is 1.43. The van der Waals surface area contributed by atoms with Crippen LogP contribution >= 0.6 is 11.8 Å². The van der Waals surface area contributed by atoms with E-state index in [1.165, 1.54) is 17.3 Å². The van der Waals surface area contributed by atoms with Crippen LogP contribution in [0.25, 0.3) is 6.08 Å². The minimum Gasteiger partial charge on any atom is -0.497 e. The van der Waals surface area contributed by atoms with Crippen molar-refractivity contribution < 1.29 is 9.53 Å². The molecule has 4 nitrogen and oxygen atoms in total. The first kappa shape index (κ1) is 18.3. The molecule has 1 heterocycles. The van der Waals surface area contributed by atoms with Crippen molar-refractivity contribution in [2.24, 2.45) is 4.99 Å².